The van der Waals surface area contributed by atoms with Gasteiger partial charge in [0.1, 0.15) is 0 Å². The summed E-state index contributed by atoms with van der Waals surface area (Å²) in [7, 11) is 0. The average Bonchev–Trinajstić information content (AvgIpc) is 2.48. The van der Waals surface area contributed by atoms with Crippen molar-refractivity contribution in [3.63, 3.8) is 0 Å². The molecule has 0 spiro atoms. The number of pyridine rings is 1. The van der Waals surface area contributed by atoms with Crippen molar-refractivity contribution >= 4 is 23.2 Å². The summed E-state index contributed by atoms with van der Waals surface area (Å²) in [4.78, 5) is 16.1. The molecule has 2 N–H and O–H groups in total. The van der Waals surface area contributed by atoms with Crippen molar-refractivity contribution in [2.75, 3.05) is 11.9 Å². The van der Waals surface area contributed by atoms with Gasteiger partial charge in [0.2, 0.25) is 0 Å². The first-order valence-corrected chi connectivity index (χ1v) is 6.68. The van der Waals surface area contributed by atoms with Gasteiger partial charge in [0.05, 0.1) is 12.2 Å². The van der Waals surface area contributed by atoms with Crippen LogP contribution in [0.15, 0.2) is 42.7 Å². The number of nitrogens with one attached hydrogen (secondary N) is 1. The van der Waals surface area contributed by atoms with Crippen LogP contribution in [0.25, 0.3) is 0 Å². The second kappa shape index (κ2) is 7.44. The standard InChI is InChI=1S/C16H13ClN2O2/c17-14-5-3-6-15(9-14)19-16(21)13-8-12(10-18-11-13)4-1-2-7-20/h3,5-6,8-11,20H,2,7H2,(H,19,21). The summed E-state index contributed by atoms with van der Waals surface area (Å²) in [6.07, 6.45) is 3.43. The van der Waals surface area contributed by atoms with Gasteiger partial charge >= 0.3 is 0 Å². The highest BCUT2D eigenvalue weighted by atomic mass is 35.5. The highest BCUT2D eigenvalue weighted by molar-refractivity contribution is 6.30. The highest BCUT2D eigenvalue weighted by Gasteiger charge is 2.07. The molecule has 4 nitrogen and oxygen atoms in total. The van der Waals surface area contributed by atoms with Gasteiger partial charge in [-0.25, -0.2) is 0 Å². The van der Waals surface area contributed by atoms with Crippen LogP contribution in [0.1, 0.15) is 22.3 Å². The number of hydrogen-bond donors (Lipinski definition) is 2. The van der Waals surface area contributed by atoms with E-state index in [1.54, 1.807) is 36.5 Å². The molecule has 0 atom stereocenters. The summed E-state index contributed by atoms with van der Waals surface area (Å²) in [5, 5.41) is 12.0. The third kappa shape index (κ3) is 4.60. The predicted molar refractivity (Wildman–Crippen MR) is 82.2 cm³/mol. The first kappa shape index (κ1) is 15.0. The summed E-state index contributed by atoms with van der Waals surface area (Å²) in [6.45, 7) is 0.00930. The summed E-state index contributed by atoms with van der Waals surface area (Å²) in [5.41, 5.74) is 1.65. The fourth-order valence-corrected chi connectivity index (χ4v) is 1.81. The molecule has 0 saturated heterocycles. The van der Waals surface area contributed by atoms with Gasteiger partial charge in [-0.15, -0.1) is 0 Å². The zero-order valence-electron chi connectivity index (χ0n) is 11.1. The smallest absolute Gasteiger partial charge is 0.257 e. The zero-order valence-corrected chi connectivity index (χ0v) is 11.9. The van der Waals surface area contributed by atoms with Crippen molar-refractivity contribution in [1.29, 1.82) is 0 Å². The van der Waals surface area contributed by atoms with Crippen LogP contribution in [-0.2, 0) is 0 Å². The molecule has 5 heteroatoms. The first-order valence-electron chi connectivity index (χ1n) is 6.31. The van der Waals surface area contributed by atoms with Crippen molar-refractivity contribution in [2.45, 2.75) is 6.42 Å². The fraction of sp³-hybridized carbons (Fsp3) is 0.125. The van der Waals surface area contributed by atoms with Gasteiger partial charge in [-0.05, 0) is 24.3 Å². The van der Waals surface area contributed by atoms with Crippen LogP contribution >= 0.6 is 11.6 Å². The van der Waals surface area contributed by atoms with Crippen molar-refractivity contribution in [3.05, 3.63) is 58.9 Å². The second-order valence-corrected chi connectivity index (χ2v) is 4.64. The summed E-state index contributed by atoms with van der Waals surface area (Å²) in [6, 6.07) is 8.56. The van der Waals surface area contributed by atoms with Gasteiger partial charge in [-0.1, -0.05) is 29.5 Å². The number of benzene rings is 1. The van der Waals surface area contributed by atoms with Gasteiger partial charge in [-0.3, -0.25) is 9.78 Å². The van der Waals surface area contributed by atoms with E-state index >= 15 is 0 Å². The maximum absolute atomic E-state index is 12.1. The minimum absolute atomic E-state index is 0.00930. The predicted octanol–water partition coefficient (Wildman–Crippen LogP) is 2.72. The van der Waals surface area contributed by atoms with Crippen molar-refractivity contribution in [2.24, 2.45) is 0 Å². The molecule has 0 saturated carbocycles. The molecule has 0 unspecified atom stereocenters. The van der Waals surface area contributed by atoms with Gasteiger partial charge < -0.3 is 10.4 Å². The number of rotatable bonds is 3. The number of hydrogen-bond acceptors (Lipinski definition) is 3. The van der Waals surface area contributed by atoms with E-state index in [9.17, 15) is 4.79 Å². The van der Waals surface area contributed by atoms with Crippen LogP contribution in [-0.4, -0.2) is 22.6 Å². The highest BCUT2D eigenvalue weighted by Crippen LogP contribution is 2.15. The van der Waals surface area contributed by atoms with Crippen LogP contribution in [0.2, 0.25) is 5.02 Å². The van der Waals surface area contributed by atoms with E-state index in [1.165, 1.54) is 6.20 Å². The Bertz CT molecular complexity index is 705. The number of halogens is 1. The van der Waals surface area contributed by atoms with E-state index in [0.29, 0.717) is 28.3 Å². The van der Waals surface area contributed by atoms with E-state index in [4.69, 9.17) is 16.7 Å². The molecular weight excluding hydrogens is 288 g/mol. The quantitative estimate of drug-likeness (QED) is 0.857. The molecule has 0 aliphatic rings. The topological polar surface area (TPSA) is 62.2 Å². The maximum Gasteiger partial charge on any atom is 0.257 e. The number of anilines is 1. The molecule has 0 fully saturated rings. The lowest BCUT2D eigenvalue weighted by molar-refractivity contribution is 0.102. The van der Waals surface area contributed by atoms with Crippen LogP contribution < -0.4 is 5.32 Å². The molecule has 0 aliphatic carbocycles. The summed E-state index contributed by atoms with van der Waals surface area (Å²) in [5.74, 6) is 5.34. The van der Waals surface area contributed by atoms with Gasteiger partial charge in [-0.2, -0.15) is 0 Å². The lowest BCUT2D eigenvalue weighted by Crippen LogP contribution is -2.12. The Labute approximate surface area is 127 Å². The molecular formula is C16H13ClN2O2. The SMILES string of the molecule is O=C(Nc1cccc(Cl)c1)c1cncc(C#CCCO)c1. The normalized spacial score (nSPS) is 9.62. The minimum Gasteiger partial charge on any atom is -0.395 e. The van der Waals surface area contributed by atoms with Crippen LogP contribution in [0.4, 0.5) is 5.69 Å². The zero-order chi connectivity index (χ0) is 15.1. The Morgan fingerprint density at radius 1 is 1.33 bits per heavy atom. The van der Waals surface area contributed by atoms with Crippen LogP contribution in [0, 0.1) is 11.8 Å². The molecule has 1 aromatic carbocycles. The van der Waals surface area contributed by atoms with Gasteiger partial charge in [0, 0.05) is 35.1 Å². The molecule has 1 heterocycles. The number of amides is 1. The van der Waals surface area contributed by atoms with E-state index in [1.807, 2.05) is 0 Å². The van der Waals surface area contributed by atoms with Crippen molar-refractivity contribution in [1.82, 2.24) is 4.98 Å². The second-order valence-electron chi connectivity index (χ2n) is 4.20. The molecule has 21 heavy (non-hydrogen) atoms. The molecule has 106 valence electrons. The Kier molecular flexibility index (Phi) is 5.33. The van der Waals surface area contributed by atoms with Crippen molar-refractivity contribution < 1.29 is 9.90 Å². The average molecular weight is 301 g/mol. The monoisotopic (exact) mass is 300 g/mol. The Hall–Kier alpha value is -2.35. The minimum atomic E-state index is -0.282. The maximum atomic E-state index is 12.1. The molecule has 2 aromatic rings. The molecule has 1 amide bonds. The van der Waals surface area contributed by atoms with Gasteiger partial charge in [0.25, 0.3) is 5.91 Å². The number of aliphatic hydroxyl groups is 1. The van der Waals surface area contributed by atoms with Gasteiger partial charge in [0.15, 0.2) is 0 Å². The Morgan fingerprint density at radius 2 is 2.19 bits per heavy atom. The molecule has 2 rings (SSSR count). The third-order valence-corrected chi connectivity index (χ3v) is 2.79. The molecule has 0 aliphatic heterocycles. The lowest BCUT2D eigenvalue weighted by Gasteiger charge is -2.05. The van der Waals surface area contributed by atoms with E-state index in [-0.39, 0.29) is 12.5 Å². The Morgan fingerprint density at radius 3 is 2.95 bits per heavy atom. The number of aromatic nitrogens is 1. The number of carbonyl (C=O) groups is 1. The largest absolute Gasteiger partial charge is 0.395 e. The molecule has 0 bridgehead atoms. The van der Waals surface area contributed by atoms with Crippen LogP contribution in [0.5, 0.6) is 0 Å². The number of nitrogens with zero attached hydrogens (tertiary/aromatic N) is 1. The van der Waals surface area contributed by atoms with E-state index < -0.39 is 0 Å². The third-order valence-electron chi connectivity index (χ3n) is 2.55. The summed E-state index contributed by atoms with van der Waals surface area (Å²) >= 11 is 5.87. The first-order chi connectivity index (χ1) is 10.2. The summed E-state index contributed by atoms with van der Waals surface area (Å²) < 4.78 is 0. The molecule has 1 aromatic heterocycles. The number of carbonyl (C=O) groups excluding carboxylic acids is 1. The van der Waals surface area contributed by atoms with Crippen molar-refractivity contribution in [3.8, 4) is 11.8 Å². The number of aliphatic hydroxyl groups excluding tert-OH is 1. The Balaban J connectivity index is 2.13. The van der Waals surface area contributed by atoms with Crippen LogP contribution in [0.3, 0.4) is 0 Å². The van der Waals surface area contributed by atoms with E-state index in [2.05, 4.69) is 22.1 Å². The fourth-order valence-electron chi connectivity index (χ4n) is 1.62. The van der Waals surface area contributed by atoms with E-state index in [0.717, 1.165) is 0 Å². The molecule has 0 radical (unpaired) electrons. The lowest BCUT2D eigenvalue weighted by atomic mass is 10.2.